The molecule has 1 fully saturated rings. The summed E-state index contributed by atoms with van der Waals surface area (Å²) in [6.45, 7) is 0. The minimum atomic E-state index is -1.39. The van der Waals surface area contributed by atoms with Crippen molar-refractivity contribution in [2.24, 2.45) is 0 Å². The first-order valence-electron chi connectivity index (χ1n) is 9.45. The molecule has 3 aromatic carbocycles. The molecule has 0 saturated carbocycles. The van der Waals surface area contributed by atoms with Gasteiger partial charge in [0.15, 0.2) is 11.6 Å². The summed E-state index contributed by atoms with van der Waals surface area (Å²) in [4.78, 5) is 34.2. The summed E-state index contributed by atoms with van der Waals surface area (Å²) in [5.74, 6) is -6.51. The lowest BCUT2D eigenvalue weighted by Gasteiger charge is -2.28. The van der Waals surface area contributed by atoms with Crippen LogP contribution >= 0.6 is 0 Å². The van der Waals surface area contributed by atoms with E-state index in [0.29, 0.717) is 22.7 Å². The van der Waals surface area contributed by atoms with Gasteiger partial charge in [-0.15, -0.1) is 0 Å². The molecule has 4 aromatic rings. The molecule has 1 aromatic heterocycles. The number of rotatable bonds is 3. The summed E-state index contributed by atoms with van der Waals surface area (Å²) in [5.41, 5.74) is 1.53. The number of nitrogens with zero attached hydrogens (tertiary/aromatic N) is 2. The van der Waals surface area contributed by atoms with Gasteiger partial charge in [-0.1, -0.05) is 30.3 Å². The molecule has 5 nitrogen and oxygen atoms in total. The van der Waals surface area contributed by atoms with Gasteiger partial charge in [-0.05, 0) is 29.8 Å². The Kier molecular flexibility index (Phi) is 4.35. The highest BCUT2D eigenvalue weighted by Crippen LogP contribution is 2.46. The maximum absolute atomic E-state index is 14.9. The lowest BCUT2D eigenvalue weighted by molar-refractivity contribution is -0.134. The second kappa shape index (κ2) is 7.09. The predicted octanol–water partition coefficient (Wildman–Crippen LogP) is 4.42. The van der Waals surface area contributed by atoms with Crippen molar-refractivity contribution >= 4 is 28.4 Å². The van der Waals surface area contributed by atoms with E-state index in [0.717, 1.165) is 11.0 Å². The van der Waals surface area contributed by atoms with Crippen molar-refractivity contribution in [2.45, 2.75) is 12.0 Å². The maximum atomic E-state index is 14.9. The quantitative estimate of drug-likeness (QED) is 0.393. The number of Topliss-reactive ketones (excluding diaryl/α,β-unsaturated/α-hetero) is 1. The van der Waals surface area contributed by atoms with E-state index in [9.17, 15) is 22.8 Å². The van der Waals surface area contributed by atoms with E-state index >= 15 is 0 Å². The van der Waals surface area contributed by atoms with Gasteiger partial charge in [0.25, 0.3) is 5.91 Å². The summed E-state index contributed by atoms with van der Waals surface area (Å²) in [6.07, 6.45) is 1.47. The number of ketones is 1. The highest BCUT2D eigenvalue weighted by atomic mass is 19.2. The summed E-state index contributed by atoms with van der Waals surface area (Å²) < 4.78 is 43.0. The van der Waals surface area contributed by atoms with Crippen LogP contribution in [0.5, 0.6) is 0 Å². The van der Waals surface area contributed by atoms with Crippen LogP contribution in [0.1, 0.15) is 23.1 Å². The maximum Gasteiger partial charge on any atom is 0.295 e. The lowest BCUT2D eigenvalue weighted by atomic mass is 9.86. The average Bonchev–Trinajstić information content (AvgIpc) is 3.33. The molecular weight excluding hydrogens is 407 g/mol. The normalized spacial score (nSPS) is 18.9. The standard InChI is InChI=1S/C23H14F3N3O2/c24-13-8-15(20(26)16(25)9-13)21-19(12-4-2-1-3-5-12)22(30)23(31)29(21)14-6-7-17-18(10-14)28-11-27-17/h1-11,19,21H,(H,27,28). The number of imidazole rings is 1. The van der Waals surface area contributed by atoms with E-state index in [1.165, 1.54) is 6.33 Å². The van der Waals surface area contributed by atoms with E-state index in [1.807, 2.05) is 0 Å². The molecule has 0 aliphatic carbocycles. The summed E-state index contributed by atoms with van der Waals surface area (Å²) in [6, 6.07) is 13.1. The molecule has 0 radical (unpaired) electrons. The number of anilines is 1. The molecule has 0 bridgehead atoms. The zero-order valence-electron chi connectivity index (χ0n) is 15.9. The second-order valence-corrected chi connectivity index (χ2v) is 7.27. The van der Waals surface area contributed by atoms with E-state index in [1.54, 1.807) is 48.5 Å². The number of nitrogens with one attached hydrogen (secondary N) is 1. The Morgan fingerprint density at radius 1 is 0.935 bits per heavy atom. The minimum Gasteiger partial charge on any atom is -0.345 e. The molecule has 1 aliphatic rings. The second-order valence-electron chi connectivity index (χ2n) is 7.27. The van der Waals surface area contributed by atoms with Crippen LogP contribution in [0.4, 0.5) is 18.9 Å². The topological polar surface area (TPSA) is 66.1 Å². The van der Waals surface area contributed by atoms with Crippen LogP contribution in [0.2, 0.25) is 0 Å². The Morgan fingerprint density at radius 3 is 2.48 bits per heavy atom. The van der Waals surface area contributed by atoms with Gasteiger partial charge in [0.05, 0.1) is 29.3 Å². The Morgan fingerprint density at radius 2 is 1.71 bits per heavy atom. The van der Waals surface area contributed by atoms with Gasteiger partial charge in [-0.25, -0.2) is 18.2 Å². The van der Waals surface area contributed by atoms with E-state index in [2.05, 4.69) is 9.97 Å². The molecule has 31 heavy (non-hydrogen) atoms. The van der Waals surface area contributed by atoms with E-state index < -0.39 is 46.7 Å². The molecule has 2 unspecified atom stereocenters. The number of H-pyrrole nitrogens is 1. The van der Waals surface area contributed by atoms with Gasteiger partial charge >= 0.3 is 0 Å². The zero-order chi connectivity index (χ0) is 21.7. The molecular formula is C23H14F3N3O2. The number of benzene rings is 3. The van der Waals surface area contributed by atoms with Crippen LogP contribution in [0.3, 0.4) is 0 Å². The zero-order valence-corrected chi connectivity index (χ0v) is 15.9. The highest BCUT2D eigenvalue weighted by molar-refractivity contribution is 6.46. The van der Waals surface area contributed by atoms with E-state index in [-0.39, 0.29) is 5.69 Å². The van der Waals surface area contributed by atoms with Crippen molar-refractivity contribution in [1.82, 2.24) is 9.97 Å². The molecule has 0 spiro atoms. The van der Waals surface area contributed by atoms with Crippen molar-refractivity contribution in [3.8, 4) is 0 Å². The number of carbonyl (C=O) groups excluding carboxylic acids is 2. The third-order valence-corrected chi connectivity index (χ3v) is 5.49. The van der Waals surface area contributed by atoms with E-state index in [4.69, 9.17) is 0 Å². The molecule has 1 amide bonds. The van der Waals surface area contributed by atoms with Crippen LogP contribution in [0.25, 0.3) is 11.0 Å². The third-order valence-electron chi connectivity index (χ3n) is 5.49. The number of aromatic nitrogens is 2. The van der Waals surface area contributed by atoms with Crippen LogP contribution in [-0.2, 0) is 9.59 Å². The number of fused-ring (bicyclic) bond motifs is 1. The van der Waals surface area contributed by atoms with Crippen molar-refractivity contribution in [3.05, 3.63) is 95.6 Å². The number of hydrogen-bond donors (Lipinski definition) is 1. The first-order chi connectivity index (χ1) is 15.0. The smallest absolute Gasteiger partial charge is 0.295 e. The van der Waals surface area contributed by atoms with Crippen LogP contribution in [0.15, 0.2) is 67.0 Å². The van der Waals surface area contributed by atoms with Crippen LogP contribution in [-0.4, -0.2) is 21.7 Å². The monoisotopic (exact) mass is 421 g/mol. The Hall–Kier alpha value is -3.94. The van der Waals surface area contributed by atoms with Crippen molar-refractivity contribution in [2.75, 3.05) is 4.90 Å². The van der Waals surface area contributed by atoms with Gasteiger partial charge < -0.3 is 4.98 Å². The third kappa shape index (κ3) is 2.99. The largest absolute Gasteiger partial charge is 0.345 e. The van der Waals surface area contributed by atoms with Crippen molar-refractivity contribution in [3.63, 3.8) is 0 Å². The Labute approximate surface area is 174 Å². The molecule has 1 aliphatic heterocycles. The van der Waals surface area contributed by atoms with Crippen molar-refractivity contribution < 1.29 is 22.8 Å². The first-order valence-corrected chi connectivity index (χ1v) is 9.45. The Balaban J connectivity index is 1.76. The molecule has 2 atom stereocenters. The molecule has 5 rings (SSSR count). The highest BCUT2D eigenvalue weighted by Gasteiger charge is 2.50. The summed E-state index contributed by atoms with van der Waals surface area (Å²) >= 11 is 0. The first kappa shape index (κ1) is 19.0. The number of amides is 1. The van der Waals surface area contributed by atoms with Crippen LogP contribution < -0.4 is 4.90 Å². The summed E-state index contributed by atoms with van der Waals surface area (Å²) in [5, 5.41) is 0. The van der Waals surface area contributed by atoms with Gasteiger partial charge in [0.2, 0.25) is 5.78 Å². The lowest BCUT2D eigenvalue weighted by Crippen LogP contribution is -2.30. The molecule has 154 valence electrons. The molecule has 1 N–H and O–H groups in total. The summed E-state index contributed by atoms with van der Waals surface area (Å²) in [7, 11) is 0. The number of carbonyl (C=O) groups is 2. The van der Waals surface area contributed by atoms with Gasteiger partial charge in [-0.2, -0.15) is 0 Å². The fourth-order valence-electron chi connectivity index (χ4n) is 4.13. The number of hydrogen-bond acceptors (Lipinski definition) is 3. The van der Waals surface area contributed by atoms with Gasteiger partial charge in [0, 0.05) is 17.3 Å². The molecule has 2 heterocycles. The SMILES string of the molecule is O=C1C(=O)N(c2ccc3nc[nH]c3c2)C(c2cc(F)cc(F)c2F)C1c1ccccc1. The average molecular weight is 421 g/mol. The fraction of sp³-hybridized carbons (Fsp3) is 0.0870. The molecule has 8 heteroatoms. The predicted molar refractivity (Wildman–Crippen MR) is 107 cm³/mol. The Bertz CT molecular complexity index is 1340. The van der Waals surface area contributed by atoms with Crippen LogP contribution in [0, 0.1) is 17.5 Å². The fourth-order valence-corrected chi connectivity index (χ4v) is 4.13. The van der Waals surface area contributed by atoms with Gasteiger partial charge in [-0.3, -0.25) is 14.5 Å². The number of halogens is 3. The molecule has 1 saturated heterocycles. The van der Waals surface area contributed by atoms with Gasteiger partial charge in [0.1, 0.15) is 5.82 Å². The van der Waals surface area contributed by atoms with Crippen molar-refractivity contribution in [1.29, 1.82) is 0 Å². The minimum absolute atomic E-state index is 0.280. The number of aromatic amines is 1.